The van der Waals surface area contributed by atoms with Gasteiger partial charge in [-0.25, -0.2) is 4.98 Å². The van der Waals surface area contributed by atoms with Crippen molar-refractivity contribution in [1.29, 1.82) is 0 Å². The Bertz CT molecular complexity index is 282. The molecule has 1 aliphatic rings. The minimum absolute atomic E-state index is 0.519. The Morgan fingerprint density at radius 3 is 2.50 bits per heavy atom. The number of nitrogens with zero attached hydrogens (tertiary/aromatic N) is 2. The van der Waals surface area contributed by atoms with Crippen LogP contribution in [0, 0.1) is 5.41 Å². The van der Waals surface area contributed by atoms with Crippen LogP contribution < -0.4 is 4.90 Å². The lowest BCUT2D eigenvalue weighted by Crippen LogP contribution is -2.37. The Kier molecular flexibility index (Phi) is 2.44. The smallest absolute Gasteiger partial charge is 0.128 e. The van der Waals surface area contributed by atoms with E-state index in [9.17, 15) is 0 Å². The number of piperidine rings is 1. The second-order valence-electron chi connectivity index (χ2n) is 4.84. The molecule has 2 nitrogen and oxygen atoms in total. The van der Waals surface area contributed by atoms with Crippen molar-refractivity contribution in [3.05, 3.63) is 24.4 Å². The molecule has 1 aromatic heterocycles. The molecule has 2 rings (SSSR count). The van der Waals surface area contributed by atoms with Gasteiger partial charge in [0.25, 0.3) is 0 Å². The van der Waals surface area contributed by atoms with Crippen LogP contribution in [0.25, 0.3) is 0 Å². The zero-order valence-electron chi connectivity index (χ0n) is 9.03. The van der Waals surface area contributed by atoms with Crippen molar-refractivity contribution < 1.29 is 0 Å². The lowest BCUT2D eigenvalue weighted by Gasteiger charge is -2.37. The van der Waals surface area contributed by atoms with Crippen LogP contribution in [0.1, 0.15) is 26.7 Å². The van der Waals surface area contributed by atoms with Crippen LogP contribution in [0.5, 0.6) is 0 Å². The second-order valence-corrected chi connectivity index (χ2v) is 4.84. The van der Waals surface area contributed by atoms with E-state index in [-0.39, 0.29) is 0 Å². The molecule has 0 radical (unpaired) electrons. The summed E-state index contributed by atoms with van der Waals surface area (Å²) in [5.41, 5.74) is 0.519. The highest BCUT2D eigenvalue weighted by atomic mass is 15.2. The summed E-state index contributed by atoms with van der Waals surface area (Å²) in [6.07, 6.45) is 4.40. The zero-order valence-corrected chi connectivity index (χ0v) is 9.03. The van der Waals surface area contributed by atoms with Gasteiger partial charge in [-0.05, 0) is 30.4 Å². The molecule has 1 saturated heterocycles. The number of anilines is 1. The van der Waals surface area contributed by atoms with Crippen LogP contribution in [-0.2, 0) is 0 Å². The number of hydrogen-bond donors (Lipinski definition) is 0. The molecule has 1 aromatic rings. The largest absolute Gasteiger partial charge is 0.357 e. The highest BCUT2D eigenvalue weighted by Gasteiger charge is 2.25. The first-order valence-corrected chi connectivity index (χ1v) is 5.33. The summed E-state index contributed by atoms with van der Waals surface area (Å²) < 4.78 is 0. The minimum atomic E-state index is 0.519. The van der Waals surface area contributed by atoms with Crippen molar-refractivity contribution in [2.75, 3.05) is 18.0 Å². The van der Waals surface area contributed by atoms with Gasteiger partial charge in [0.2, 0.25) is 0 Å². The molecule has 2 heteroatoms. The summed E-state index contributed by atoms with van der Waals surface area (Å²) in [5, 5.41) is 0. The van der Waals surface area contributed by atoms with E-state index >= 15 is 0 Å². The van der Waals surface area contributed by atoms with E-state index in [0.717, 1.165) is 18.9 Å². The fourth-order valence-corrected chi connectivity index (χ4v) is 1.88. The van der Waals surface area contributed by atoms with Gasteiger partial charge in [0.05, 0.1) is 0 Å². The van der Waals surface area contributed by atoms with E-state index in [1.807, 2.05) is 12.3 Å². The molecule has 0 unspecified atom stereocenters. The predicted molar refractivity (Wildman–Crippen MR) is 59.5 cm³/mol. The van der Waals surface area contributed by atoms with Crippen LogP contribution in [0.2, 0.25) is 0 Å². The molecular formula is C12H18N2. The van der Waals surface area contributed by atoms with Gasteiger partial charge in [-0.3, -0.25) is 0 Å². The highest BCUT2D eigenvalue weighted by molar-refractivity contribution is 5.38. The van der Waals surface area contributed by atoms with Gasteiger partial charge in [-0.2, -0.15) is 0 Å². The lowest BCUT2D eigenvalue weighted by atomic mass is 9.83. The van der Waals surface area contributed by atoms with E-state index in [4.69, 9.17) is 0 Å². The number of hydrogen-bond acceptors (Lipinski definition) is 2. The van der Waals surface area contributed by atoms with E-state index in [1.165, 1.54) is 12.8 Å². The summed E-state index contributed by atoms with van der Waals surface area (Å²) in [4.78, 5) is 6.76. The average molecular weight is 190 g/mol. The van der Waals surface area contributed by atoms with E-state index in [0.29, 0.717) is 5.41 Å². The van der Waals surface area contributed by atoms with Gasteiger partial charge in [0, 0.05) is 19.3 Å². The third-order valence-corrected chi connectivity index (χ3v) is 3.09. The van der Waals surface area contributed by atoms with Crippen molar-refractivity contribution in [2.45, 2.75) is 26.7 Å². The maximum atomic E-state index is 4.38. The summed E-state index contributed by atoms with van der Waals surface area (Å²) in [6.45, 7) is 6.99. The van der Waals surface area contributed by atoms with E-state index in [1.54, 1.807) is 0 Å². The van der Waals surface area contributed by atoms with Gasteiger partial charge >= 0.3 is 0 Å². The first-order chi connectivity index (χ1) is 6.67. The van der Waals surface area contributed by atoms with Crippen LogP contribution >= 0.6 is 0 Å². The fraction of sp³-hybridized carbons (Fsp3) is 0.583. The quantitative estimate of drug-likeness (QED) is 0.677. The molecule has 14 heavy (non-hydrogen) atoms. The standard InChI is InChI=1S/C12H18N2/c1-12(2)6-9-14(10-7-12)11-5-3-4-8-13-11/h3-5,8H,6-7,9-10H2,1-2H3. The third-order valence-electron chi connectivity index (χ3n) is 3.09. The molecule has 0 aliphatic carbocycles. The first kappa shape index (κ1) is 9.50. The van der Waals surface area contributed by atoms with Gasteiger partial charge < -0.3 is 4.90 Å². The fourth-order valence-electron chi connectivity index (χ4n) is 1.88. The highest BCUT2D eigenvalue weighted by Crippen LogP contribution is 2.31. The molecule has 76 valence electrons. The molecule has 0 aromatic carbocycles. The van der Waals surface area contributed by atoms with E-state index in [2.05, 4.69) is 35.9 Å². The Labute approximate surface area is 86.0 Å². The normalized spacial score (nSPS) is 20.9. The third kappa shape index (κ3) is 2.06. The Morgan fingerprint density at radius 2 is 1.93 bits per heavy atom. The maximum Gasteiger partial charge on any atom is 0.128 e. The molecule has 0 spiro atoms. The Morgan fingerprint density at radius 1 is 1.21 bits per heavy atom. The molecule has 0 N–H and O–H groups in total. The van der Waals surface area contributed by atoms with Crippen molar-refractivity contribution in [3.8, 4) is 0 Å². The molecule has 0 atom stereocenters. The van der Waals surface area contributed by atoms with Crippen LogP contribution in [0.4, 0.5) is 5.82 Å². The first-order valence-electron chi connectivity index (χ1n) is 5.33. The summed E-state index contributed by atoms with van der Waals surface area (Å²) >= 11 is 0. The van der Waals surface area contributed by atoms with Crippen LogP contribution in [0.15, 0.2) is 24.4 Å². The van der Waals surface area contributed by atoms with Gasteiger partial charge in [0.1, 0.15) is 5.82 Å². The van der Waals surface area contributed by atoms with Crippen LogP contribution in [-0.4, -0.2) is 18.1 Å². The zero-order chi connectivity index (χ0) is 10.0. The molecule has 0 amide bonds. The molecule has 0 bridgehead atoms. The molecular weight excluding hydrogens is 172 g/mol. The monoisotopic (exact) mass is 190 g/mol. The van der Waals surface area contributed by atoms with Gasteiger partial charge in [0.15, 0.2) is 0 Å². The SMILES string of the molecule is CC1(C)CCN(c2ccccn2)CC1. The Balaban J connectivity index is 2.03. The summed E-state index contributed by atoms with van der Waals surface area (Å²) in [6, 6.07) is 6.12. The second kappa shape index (κ2) is 3.60. The molecule has 1 aliphatic heterocycles. The van der Waals surface area contributed by atoms with Crippen molar-refractivity contribution >= 4 is 5.82 Å². The molecule has 1 fully saturated rings. The number of rotatable bonds is 1. The predicted octanol–water partition coefficient (Wildman–Crippen LogP) is 2.71. The Hall–Kier alpha value is -1.05. The van der Waals surface area contributed by atoms with Crippen molar-refractivity contribution in [1.82, 2.24) is 4.98 Å². The van der Waals surface area contributed by atoms with Gasteiger partial charge in [-0.15, -0.1) is 0 Å². The number of pyridine rings is 1. The molecule has 0 saturated carbocycles. The number of aromatic nitrogens is 1. The van der Waals surface area contributed by atoms with Crippen LogP contribution in [0.3, 0.4) is 0 Å². The average Bonchev–Trinajstić information content (AvgIpc) is 2.19. The molecule has 2 heterocycles. The summed E-state index contributed by atoms with van der Waals surface area (Å²) in [5.74, 6) is 1.13. The topological polar surface area (TPSA) is 16.1 Å². The summed E-state index contributed by atoms with van der Waals surface area (Å²) in [7, 11) is 0. The lowest BCUT2D eigenvalue weighted by molar-refractivity contribution is 0.279. The van der Waals surface area contributed by atoms with Crippen molar-refractivity contribution in [3.63, 3.8) is 0 Å². The van der Waals surface area contributed by atoms with Gasteiger partial charge in [-0.1, -0.05) is 19.9 Å². The van der Waals surface area contributed by atoms with Crippen molar-refractivity contribution in [2.24, 2.45) is 5.41 Å². The minimum Gasteiger partial charge on any atom is -0.357 e. The maximum absolute atomic E-state index is 4.38. The van der Waals surface area contributed by atoms with E-state index < -0.39 is 0 Å².